The molecule has 4 rings (SSSR count). The number of aryl methyl sites for hydroxylation is 1. The Morgan fingerprint density at radius 2 is 1.69 bits per heavy atom. The van der Waals surface area contributed by atoms with Gasteiger partial charge in [0.2, 0.25) is 5.91 Å². The van der Waals surface area contributed by atoms with Gasteiger partial charge in [0, 0.05) is 48.9 Å². The number of nitrogens with zero attached hydrogens (tertiary/aromatic N) is 2. The van der Waals surface area contributed by atoms with Gasteiger partial charge in [-0.2, -0.15) is 5.10 Å². The number of hydrogen-bond donors (Lipinski definition) is 2. The molecule has 2 amide bonds. The van der Waals surface area contributed by atoms with Gasteiger partial charge in [0.1, 0.15) is 0 Å². The number of amides is 2. The fraction of sp³-hybridized carbons (Fsp3) is 0.160. The summed E-state index contributed by atoms with van der Waals surface area (Å²) in [5, 5.41) is 9.27. The summed E-state index contributed by atoms with van der Waals surface area (Å²) >= 11 is 2.18. The van der Waals surface area contributed by atoms with Gasteiger partial charge in [-0.15, -0.1) is 0 Å². The summed E-state index contributed by atoms with van der Waals surface area (Å²) in [5.41, 5.74) is 6.60. The van der Waals surface area contributed by atoms with Crippen LogP contribution >= 0.6 is 22.6 Å². The van der Waals surface area contributed by atoms with Crippen LogP contribution in [0.2, 0.25) is 0 Å². The van der Waals surface area contributed by atoms with Gasteiger partial charge in [-0.25, -0.2) is 5.43 Å². The molecular formula is C25H23IN4O2. The molecule has 0 spiro atoms. The zero-order chi connectivity index (χ0) is 22.7. The number of fused-ring (bicyclic) bond motifs is 3. The third-order valence-corrected chi connectivity index (χ3v) is 5.96. The van der Waals surface area contributed by atoms with Crippen molar-refractivity contribution in [3.8, 4) is 0 Å². The van der Waals surface area contributed by atoms with Crippen LogP contribution in [0.25, 0.3) is 21.8 Å². The molecule has 0 aliphatic carbocycles. The van der Waals surface area contributed by atoms with Crippen LogP contribution in [-0.4, -0.2) is 22.1 Å². The Bertz CT molecular complexity index is 1340. The van der Waals surface area contributed by atoms with Gasteiger partial charge < -0.3 is 9.88 Å². The van der Waals surface area contributed by atoms with Crippen molar-refractivity contribution in [2.24, 2.45) is 5.10 Å². The summed E-state index contributed by atoms with van der Waals surface area (Å²) < 4.78 is 3.32. The van der Waals surface area contributed by atoms with E-state index in [4.69, 9.17) is 0 Å². The highest BCUT2D eigenvalue weighted by Crippen LogP contribution is 2.31. The van der Waals surface area contributed by atoms with Crippen molar-refractivity contribution in [1.29, 1.82) is 0 Å². The zero-order valence-corrected chi connectivity index (χ0v) is 20.0. The van der Waals surface area contributed by atoms with Crippen molar-refractivity contribution in [2.75, 3.05) is 5.32 Å². The predicted octanol–water partition coefficient (Wildman–Crippen LogP) is 5.55. The van der Waals surface area contributed by atoms with E-state index < -0.39 is 0 Å². The largest absolute Gasteiger partial charge is 0.341 e. The number of hydrazone groups is 1. The van der Waals surface area contributed by atoms with E-state index in [1.165, 1.54) is 5.52 Å². The van der Waals surface area contributed by atoms with Crippen molar-refractivity contribution < 1.29 is 9.59 Å². The van der Waals surface area contributed by atoms with Crippen LogP contribution in [0.3, 0.4) is 0 Å². The highest BCUT2D eigenvalue weighted by molar-refractivity contribution is 14.1. The number of carbonyl (C=O) groups excluding carboxylic acids is 2. The molecule has 0 radical (unpaired) electrons. The minimum atomic E-state index is -0.307. The lowest BCUT2D eigenvalue weighted by Crippen LogP contribution is -2.21. The lowest BCUT2D eigenvalue weighted by Gasteiger charge is -2.07. The Kier molecular flexibility index (Phi) is 6.55. The highest BCUT2D eigenvalue weighted by Gasteiger charge is 2.11. The fourth-order valence-corrected chi connectivity index (χ4v) is 4.12. The van der Waals surface area contributed by atoms with Gasteiger partial charge in [0.25, 0.3) is 5.91 Å². The van der Waals surface area contributed by atoms with Gasteiger partial charge in [0.15, 0.2) is 0 Å². The second-order valence-corrected chi connectivity index (χ2v) is 8.76. The molecule has 32 heavy (non-hydrogen) atoms. The molecule has 3 aromatic carbocycles. The number of anilines is 1. The van der Waals surface area contributed by atoms with Crippen LogP contribution in [-0.2, 0) is 11.3 Å². The van der Waals surface area contributed by atoms with Crippen LogP contribution in [0, 0.1) is 3.57 Å². The quantitative estimate of drug-likeness (QED) is 0.192. The first-order chi connectivity index (χ1) is 15.5. The van der Waals surface area contributed by atoms with Gasteiger partial charge in [-0.3, -0.25) is 9.59 Å². The zero-order valence-electron chi connectivity index (χ0n) is 17.9. The van der Waals surface area contributed by atoms with Crippen molar-refractivity contribution in [2.45, 2.75) is 26.8 Å². The smallest absolute Gasteiger partial charge is 0.271 e. The summed E-state index contributed by atoms with van der Waals surface area (Å²) in [6, 6.07) is 21.4. The second kappa shape index (κ2) is 9.52. The molecule has 0 aliphatic heterocycles. The molecule has 162 valence electrons. The lowest BCUT2D eigenvalue weighted by atomic mass is 10.1. The first-order valence-corrected chi connectivity index (χ1v) is 11.4. The molecule has 6 nitrogen and oxygen atoms in total. The van der Waals surface area contributed by atoms with E-state index in [0.29, 0.717) is 11.3 Å². The van der Waals surface area contributed by atoms with E-state index in [1.54, 1.807) is 19.1 Å². The fourth-order valence-electron chi connectivity index (χ4n) is 3.76. The van der Waals surface area contributed by atoms with Crippen LogP contribution in [0.1, 0.15) is 30.6 Å². The van der Waals surface area contributed by atoms with Crippen LogP contribution < -0.4 is 10.7 Å². The maximum Gasteiger partial charge on any atom is 0.271 e. The van der Waals surface area contributed by atoms with Crippen molar-refractivity contribution >= 4 is 67.6 Å². The normalized spacial score (nSPS) is 11.7. The Balaban J connectivity index is 1.44. The predicted molar refractivity (Wildman–Crippen MR) is 138 cm³/mol. The topological polar surface area (TPSA) is 75.5 Å². The van der Waals surface area contributed by atoms with E-state index in [1.807, 2.05) is 42.5 Å². The first-order valence-electron chi connectivity index (χ1n) is 10.4. The number of benzene rings is 3. The third kappa shape index (κ3) is 4.67. The van der Waals surface area contributed by atoms with E-state index in [0.717, 1.165) is 32.1 Å². The van der Waals surface area contributed by atoms with Crippen molar-refractivity contribution in [1.82, 2.24) is 9.99 Å². The Hall–Kier alpha value is -3.20. The molecule has 0 aliphatic rings. The average Bonchev–Trinajstić information content (AvgIpc) is 3.11. The summed E-state index contributed by atoms with van der Waals surface area (Å²) in [4.78, 5) is 24.7. The van der Waals surface area contributed by atoms with Crippen LogP contribution in [0.15, 0.2) is 71.8 Å². The number of hydrogen-bond acceptors (Lipinski definition) is 3. The molecule has 0 saturated carbocycles. The molecular weight excluding hydrogens is 515 g/mol. The highest BCUT2D eigenvalue weighted by atomic mass is 127. The van der Waals surface area contributed by atoms with Crippen LogP contribution in [0.4, 0.5) is 5.69 Å². The van der Waals surface area contributed by atoms with Gasteiger partial charge in [0.05, 0.1) is 6.42 Å². The number of aromatic nitrogens is 1. The second-order valence-electron chi connectivity index (χ2n) is 7.51. The van der Waals surface area contributed by atoms with Gasteiger partial charge in [-0.1, -0.05) is 18.2 Å². The first kappa shape index (κ1) is 22.0. The molecule has 1 heterocycles. The Morgan fingerprint density at radius 1 is 0.969 bits per heavy atom. The standard InChI is InChI=1S/C25H23IN4O2/c1-3-30-22-7-5-4-6-20(22)21-15-19(12-13-23(21)30)27-24(31)14-16(2)28-29-25(32)17-8-10-18(26)11-9-17/h4-13,15H,3,14H2,1-2H3,(H,27,31)(H,29,32)/b28-16+. The molecule has 2 N–H and O–H groups in total. The molecule has 4 aromatic rings. The third-order valence-electron chi connectivity index (χ3n) is 5.24. The number of halogens is 1. The lowest BCUT2D eigenvalue weighted by molar-refractivity contribution is -0.115. The minimum Gasteiger partial charge on any atom is -0.341 e. The maximum absolute atomic E-state index is 12.5. The average molecular weight is 538 g/mol. The monoisotopic (exact) mass is 538 g/mol. The molecule has 0 unspecified atom stereocenters. The molecule has 0 bridgehead atoms. The van der Waals surface area contributed by atoms with Crippen LogP contribution in [0.5, 0.6) is 0 Å². The molecule has 0 atom stereocenters. The Morgan fingerprint density at radius 3 is 2.44 bits per heavy atom. The SMILES string of the molecule is CCn1c2ccccc2c2cc(NC(=O)C/C(C)=N/NC(=O)c3ccc(I)cc3)ccc21. The Labute approximate surface area is 199 Å². The molecule has 7 heteroatoms. The summed E-state index contributed by atoms with van der Waals surface area (Å²) in [6.07, 6.45) is 0.0850. The van der Waals surface area contributed by atoms with Gasteiger partial charge in [-0.05, 0) is 85.0 Å². The number of rotatable bonds is 6. The minimum absolute atomic E-state index is 0.0850. The van der Waals surface area contributed by atoms with E-state index >= 15 is 0 Å². The number of para-hydroxylation sites is 1. The summed E-state index contributed by atoms with van der Waals surface area (Å²) in [7, 11) is 0. The van der Waals surface area contributed by atoms with Crippen molar-refractivity contribution in [3.05, 3.63) is 75.9 Å². The summed E-state index contributed by atoms with van der Waals surface area (Å²) in [5.74, 6) is -0.493. The number of carbonyl (C=O) groups is 2. The van der Waals surface area contributed by atoms with E-state index in [2.05, 4.69) is 62.1 Å². The number of nitrogens with one attached hydrogen (secondary N) is 2. The molecule has 0 saturated heterocycles. The summed E-state index contributed by atoms with van der Waals surface area (Å²) in [6.45, 7) is 4.71. The van der Waals surface area contributed by atoms with Crippen molar-refractivity contribution in [3.63, 3.8) is 0 Å². The molecule has 1 aromatic heterocycles. The van der Waals surface area contributed by atoms with E-state index in [9.17, 15) is 9.59 Å². The van der Waals surface area contributed by atoms with E-state index in [-0.39, 0.29) is 18.2 Å². The maximum atomic E-state index is 12.5. The van der Waals surface area contributed by atoms with Gasteiger partial charge >= 0.3 is 0 Å². The molecule has 0 fully saturated rings.